The second-order valence-corrected chi connectivity index (χ2v) is 6.71. The van der Waals surface area contributed by atoms with Gasteiger partial charge in [-0.25, -0.2) is 0 Å². The van der Waals surface area contributed by atoms with E-state index in [9.17, 15) is 0 Å². The molecular formula is C17H32. The molecule has 0 nitrogen and oxygen atoms in total. The molecule has 0 aromatic heterocycles. The summed E-state index contributed by atoms with van der Waals surface area (Å²) >= 11 is 0. The molecule has 4 atom stereocenters. The average molecular weight is 236 g/mol. The van der Waals surface area contributed by atoms with Gasteiger partial charge in [0.2, 0.25) is 0 Å². The highest BCUT2D eigenvalue weighted by molar-refractivity contribution is 5.06. The topological polar surface area (TPSA) is 0 Å². The van der Waals surface area contributed by atoms with Crippen LogP contribution in [0.15, 0.2) is 12.7 Å². The smallest absolute Gasteiger partial charge is 0.0240 e. The molecule has 1 aliphatic carbocycles. The molecule has 0 bridgehead atoms. The minimum atomic E-state index is 0.672. The van der Waals surface area contributed by atoms with E-state index < -0.39 is 0 Å². The summed E-state index contributed by atoms with van der Waals surface area (Å²) in [4.78, 5) is 0. The summed E-state index contributed by atoms with van der Waals surface area (Å²) in [5.74, 6) is 3.55. The van der Waals surface area contributed by atoms with Crippen molar-refractivity contribution in [3.63, 3.8) is 0 Å². The van der Waals surface area contributed by atoms with E-state index in [4.69, 9.17) is 0 Å². The Labute approximate surface area is 109 Å². The van der Waals surface area contributed by atoms with E-state index in [1.807, 2.05) is 0 Å². The molecule has 100 valence electrons. The van der Waals surface area contributed by atoms with Crippen LogP contribution in [-0.4, -0.2) is 0 Å². The maximum Gasteiger partial charge on any atom is -0.0240 e. The number of hydrogen-bond acceptors (Lipinski definition) is 0. The van der Waals surface area contributed by atoms with Gasteiger partial charge in [0.25, 0.3) is 0 Å². The van der Waals surface area contributed by atoms with Gasteiger partial charge < -0.3 is 0 Å². The first-order chi connectivity index (χ1) is 7.97. The quantitative estimate of drug-likeness (QED) is 0.475. The molecule has 1 rings (SSSR count). The molecule has 0 aromatic carbocycles. The normalized spacial score (nSPS) is 31.3. The van der Waals surface area contributed by atoms with E-state index in [0.717, 1.165) is 23.7 Å². The Hall–Kier alpha value is -0.260. The zero-order chi connectivity index (χ0) is 13.1. The van der Waals surface area contributed by atoms with Gasteiger partial charge in [0.15, 0.2) is 0 Å². The van der Waals surface area contributed by atoms with Crippen molar-refractivity contribution in [3.8, 4) is 0 Å². The highest BCUT2D eigenvalue weighted by atomic mass is 14.6. The summed E-state index contributed by atoms with van der Waals surface area (Å²) in [6.07, 6.45) is 8.99. The van der Waals surface area contributed by atoms with Crippen molar-refractivity contribution in [2.24, 2.45) is 29.1 Å². The van der Waals surface area contributed by atoms with Gasteiger partial charge in [0.1, 0.15) is 0 Å². The van der Waals surface area contributed by atoms with E-state index in [0.29, 0.717) is 5.41 Å². The van der Waals surface area contributed by atoms with E-state index in [-0.39, 0.29) is 0 Å². The second-order valence-electron chi connectivity index (χ2n) is 6.71. The van der Waals surface area contributed by atoms with Crippen molar-refractivity contribution in [2.75, 3.05) is 0 Å². The van der Waals surface area contributed by atoms with E-state index >= 15 is 0 Å². The van der Waals surface area contributed by atoms with Gasteiger partial charge in [-0.2, -0.15) is 0 Å². The zero-order valence-electron chi connectivity index (χ0n) is 12.6. The number of rotatable bonds is 8. The highest BCUT2D eigenvalue weighted by Crippen LogP contribution is 2.62. The van der Waals surface area contributed by atoms with Crippen LogP contribution in [0.5, 0.6) is 0 Å². The molecule has 4 unspecified atom stereocenters. The number of allylic oxidation sites excluding steroid dienone is 1. The maximum absolute atomic E-state index is 3.90. The molecular weight excluding hydrogens is 204 g/mol. The van der Waals surface area contributed by atoms with Crippen molar-refractivity contribution in [3.05, 3.63) is 12.7 Å². The summed E-state index contributed by atoms with van der Waals surface area (Å²) < 4.78 is 0. The lowest BCUT2D eigenvalue weighted by atomic mass is 9.79. The first kappa shape index (κ1) is 14.8. The third-order valence-electron chi connectivity index (χ3n) is 5.56. The van der Waals surface area contributed by atoms with Crippen molar-refractivity contribution < 1.29 is 0 Å². The molecule has 1 aliphatic rings. The Balaban J connectivity index is 2.41. The molecule has 0 radical (unpaired) electrons. The van der Waals surface area contributed by atoms with Crippen LogP contribution in [0.1, 0.15) is 66.7 Å². The summed E-state index contributed by atoms with van der Waals surface area (Å²) in [5.41, 5.74) is 0.672. The first-order valence-corrected chi connectivity index (χ1v) is 7.58. The van der Waals surface area contributed by atoms with Gasteiger partial charge in [0.05, 0.1) is 0 Å². The average Bonchev–Trinajstić information content (AvgIpc) is 3.00. The lowest BCUT2D eigenvalue weighted by molar-refractivity contribution is 0.245. The van der Waals surface area contributed by atoms with Crippen LogP contribution in [-0.2, 0) is 0 Å². The Morgan fingerprint density at radius 2 is 1.88 bits per heavy atom. The molecule has 0 N–H and O–H groups in total. The molecule has 1 fully saturated rings. The lowest BCUT2D eigenvalue weighted by Gasteiger charge is -2.26. The van der Waals surface area contributed by atoms with Gasteiger partial charge in [-0.1, -0.05) is 47.1 Å². The van der Waals surface area contributed by atoms with Crippen molar-refractivity contribution in [2.45, 2.75) is 66.7 Å². The van der Waals surface area contributed by atoms with Crippen molar-refractivity contribution >= 4 is 0 Å². The fourth-order valence-electron chi connectivity index (χ4n) is 3.44. The summed E-state index contributed by atoms with van der Waals surface area (Å²) in [7, 11) is 0. The van der Waals surface area contributed by atoms with Crippen LogP contribution in [0.3, 0.4) is 0 Å². The SMILES string of the molecule is C=CCC1CC1(CC)C(C)CCC(C)C(C)C. The Kier molecular flexibility index (Phi) is 5.28. The maximum atomic E-state index is 3.90. The van der Waals surface area contributed by atoms with Crippen molar-refractivity contribution in [1.82, 2.24) is 0 Å². The van der Waals surface area contributed by atoms with Crippen LogP contribution in [0.25, 0.3) is 0 Å². The van der Waals surface area contributed by atoms with E-state index in [1.165, 1.54) is 32.1 Å². The largest absolute Gasteiger partial charge is 0.103 e. The van der Waals surface area contributed by atoms with E-state index in [1.54, 1.807) is 0 Å². The van der Waals surface area contributed by atoms with Crippen molar-refractivity contribution in [1.29, 1.82) is 0 Å². The molecule has 0 saturated heterocycles. The molecule has 0 heteroatoms. The standard InChI is InChI=1S/C17H32/c1-7-9-16-12-17(16,8-2)15(6)11-10-14(5)13(3)4/h7,13-16H,1,8-12H2,2-6H3. The van der Waals surface area contributed by atoms with Gasteiger partial charge in [0, 0.05) is 0 Å². The third kappa shape index (κ3) is 3.36. The van der Waals surface area contributed by atoms with Gasteiger partial charge in [-0.3, -0.25) is 0 Å². The third-order valence-corrected chi connectivity index (χ3v) is 5.56. The Morgan fingerprint density at radius 3 is 2.35 bits per heavy atom. The molecule has 1 saturated carbocycles. The predicted molar refractivity (Wildman–Crippen MR) is 78.0 cm³/mol. The predicted octanol–water partition coefficient (Wildman–Crippen LogP) is 5.69. The second kappa shape index (κ2) is 6.07. The monoisotopic (exact) mass is 236 g/mol. The van der Waals surface area contributed by atoms with Crippen LogP contribution in [0, 0.1) is 29.1 Å². The van der Waals surface area contributed by atoms with Crippen LogP contribution in [0.4, 0.5) is 0 Å². The fourth-order valence-corrected chi connectivity index (χ4v) is 3.44. The number of hydrogen-bond donors (Lipinski definition) is 0. The molecule has 0 heterocycles. The lowest BCUT2D eigenvalue weighted by Crippen LogP contribution is -2.16. The van der Waals surface area contributed by atoms with E-state index in [2.05, 4.69) is 47.3 Å². The summed E-state index contributed by atoms with van der Waals surface area (Å²) in [6, 6.07) is 0. The minimum Gasteiger partial charge on any atom is -0.103 e. The van der Waals surface area contributed by atoms with Crippen LogP contribution in [0.2, 0.25) is 0 Å². The Morgan fingerprint density at radius 1 is 1.24 bits per heavy atom. The van der Waals surface area contributed by atoms with Crippen LogP contribution < -0.4 is 0 Å². The first-order valence-electron chi connectivity index (χ1n) is 7.58. The Bertz CT molecular complexity index is 240. The van der Waals surface area contributed by atoms with Gasteiger partial charge in [-0.05, 0) is 54.8 Å². The molecule has 0 aliphatic heterocycles. The highest BCUT2D eigenvalue weighted by Gasteiger charge is 2.54. The molecule has 17 heavy (non-hydrogen) atoms. The summed E-state index contributed by atoms with van der Waals surface area (Å²) in [5, 5.41) is 0. The van der Waals surface area contributed by atoms with Gasteiger partial charge in [-0.15, -0.1) is 6.58 Å². The zero-order valence-corrected chi connectivity index (χ0v) is 12.6. The summed E-state index contributed by atoms with van der Waals surface area (Å²) in [6.45, 7) is 15.9. The molecule has 0 spiro atoms. The van der Waals surface area contributed by atoms with Crippen LogP contribution >= 0.6 is 0 Å². The minimum absolute atomic E-state index is 0.672. The fraction of sp³-hybridized carbons (Fsp3) is 0.882. The molecule has 0 amide bonds. The molecule has 0 aromatic rings. The van der Waals surface area contributed by atoms with Gasteiger partial charge >= 0.3 is 0 Å².